The number of rotatable bonds is 4. The van der Waals surface area contributed by atoms with Crippen LogP contribution in [0, 0.1) is 0 Å². The largest absolute Gasteiger partial charge is 0.481 e. The van der Waals surface area contributed by atoms with Crippen LogP contribution in [0.15, 0.2) is 30.3 Å². The number of imide groups is 1. The molecule has 0 saturated carbocycles. The molecule has 2 amide bonds. The maximum Gasteiger partial charge on any atom is 0.313 e. The number of nitrogens with zero attached hydrogens (tertiary/aromatic N) is 1. The number of amides is 2. The fourth-order valence-corrected chi connectivity index (χ4v) is 2.61. The SMILES string of the molecule is O=C(O)CSC1CC(=O)N(c2ccccc2)C1=O. The van der Waals surface area contributed by atoms with Crippen LogP contribution in [0.1, 0.15) is 6.42 Å². The van der Waals surface area contributed by atoms with Gasteiger partial charge in [0.05, 0.1) is 16.7 Å². The maximum absolute atomic E-state index is 12.0. The van der Waals surface area contributed by atoms with Gasteiger partial charge >= 0.3 is 5.97 Å². The fraction of sp³-hybridized carbons (Fsp3) is 0.250. The highest BCUT2D eigenvalue weighted by molar-refractivity contribution is 8.01. The minimum Gasteiger partial charge on any atom is -0.481 e. The lowest BCUT2D eigenvalue weighted by molar-refractivity contribution is -0.134. The second-order valence-corrected chi connectivity index (χ2v) is 4.99. The number of carboxylic acids is 1. The molecule has 0 aliphatic carbocycles. The van der Waals surface area contributed by atoms with Gasteiger partial charge in [0.1, 0.15) is 0 Å². The van der Waals surface area contributed by atoms with Gasteiger partial charge < -0.3 is 5.11 Å². The number of hydrogen-bond acceptors (Lipinski definition) is 4. The van der Waals surface area contributed by atoms with Crippen LogP contribution in [-0.2, 0) is 14.4 Å². The molecular weight excluding hydrogens is 254 g/mol. The standard InChI is InChI=1S/C12H11NO4S/c14-10-6-9(18-7-11(15)16)12(17)13(10)8-4-2-1-3-5-8/h1-5,9H,6-7H2,(H,15,16). The lowest BCUT2D eigenvalue weighted by Crippen LogP contribution is -2.31. The van der Waals surface area contributed by atoms with E-state index in [0.29, 0.717) is 5.69 Å². The summed E-state index contributed by atoms with van der Waals surface area (Å²) < 4.78 is 0. The molecule has 1 fully saturated rings. The van der Waals surface area contributed by atoms with Gasteiger partial charge in [0.2, 0.25) is 11.8 Å². The van der Waals surface area contributed by atoms with E-state index in [1.54, 1.807) is 30.3 Å². The van der Waals surface area contributed by atoms with Crippen LogP contribution < -0.4 is 4.90 Å². The number of hydrogen-bond donors (Lipinski definition) is 1. The molecular formula is C12H11NO4S. The molecule has 2 rings (SSSR count). The van der Waals surface area contributed by atoms with E-state index < -0.39 is 11.2 Å². The van der Waals surface area contributed by atoms with Crippen LogP contribution in [-0.4, -0.2) is 33.9 Å². The minimum atomic E-state index is -0.988. The Morgan fingerprint density at radius 3 is 2.61 bits per heavy atom. The number of para-hydroxylation sites is 1. The van der Waals surface area contributed by atoms with Gasteiger partial charge in [-0.05, 0) is 12.1 Å². The first-order valence-corrected chi connectivity index (χ1v) is 6.39. The number of benzene rings is 1. The highest BCUT2D eigenvalue weighted by Crippen LogP contribution is 2.29. The molecule has 0 spiro atoms. The summed E-state index contributed by atoms with van der Waals surface area (Å²) in [6.07, 6.45) is 0.0612. The first kappa shape index (κ1) is 12.6. The van der Waals surface area contributed by atoms with Crippen molar-refractivity contribution < 1.29 is 19.5 Å². The molecule has 5 nitrogen and oxygen atoms in total. The number of carbonyl (C=O) groups is 3. The molecule has 1 aromatic carbocycles. The number of aliphatic carboxylic acids is 1. The van der Waals surface area contributed by atoms with Crippen molar-refractivity contribution in [1.29, 1.82) is 0 Å². The summed E-state index contributed by atoms with van der Waals surface area (Å²) in [4.78, 5) is 35.4. The monoisotopic (exact) mass is 265 g/mol. The van der Waals surface area contributed by atoms with Crippen molar-refractivity contribution in [1.82, 2.24) is 0 Å². The van der Waals surface area contributed by atoms with Gasteiger partial charge in [-0.15, -0.1) is 11.8 Å². The molecule has 0 bridgehead atoms. The highest BCUT2D eigenvalue weighted by Gasteiger charge is 2.39. The van der Waals surface area contributed by atoms with Crippen molar-refractivity contribution in [2.75, 3.05) is 10.7 Å². The van der Waals surface area contributed by atoms with Crippen molar-refractivity contribution in [3.8, 4) is 0 Å². The Hall–Kier alpha value is -1.82. The summed E-state index contributed by atoms with van der Waals surface area (Å²) >= 11 is 0.991. The molecule has 1 heterocycles. The smallest absolute Gasteiger partial charge is 0.313 e. The van der Waals surface area contributed by atoms with Crippen molar-refractivity contribution in [3.63, 3.8) is 0 Å². The lowest BCUT2D eigenvalue weighted by atomic mass is 10.3. The van der Waals surface area contributed by atoms with Gasteiger partial charge in [-0.25, -0.2) is 4.90 Å². The quantitative estimate of drug-likeness (QED) is 0.826. The van der Waals surface area contributed by atoms with Gasteiger partial charge in [-0.2, -0.15) is 0 Å². The van der Waals surface area contributed by atoms with E-state index in [1.165, 1.54) is 0 Å². The van der Waals surface area contributed by atoms with Crippen molar-refractivity contribution in [2.24, 2.45) is 0 Å². The normalized spacial score (nSPS) is 19.3. The Morgan fingerprint density at radius 1 is 1.33 bits per heavy atom. The highest BCUT2D eigenvalue weighted by atomic mass is 32.2. The summed E-state index contributed by atoms with van der Waals surface area (Å²) in [6.45, 7) is 0. The zero-order chi connectivity index (χ0) is 13.1. The Kier molecular flexibility index (Phi) is 3.66. The average Bonchev–Trinajstić information content (AvgIpc) is 2.63. The molecule has 1 N–H and O–H groups in total. The van der Waals surface area contributed by atoms with Gasteiger partial charge in [-0.3, -0.25) is 14.4 Å². The van der Waals surface area contributed by atoms with Crippen molar-refractivity contribution >= 4 is 35.2 Å². The Bertz CT molecular complexity index is 488. The van der Waals surface area contributed by atoms with Crippen LogP contribution in [0.2, 0.25) is 0 Å². The van der Waals surface area contributed by atoms with Crippen LogP contribution >= 0.6 is 11.8 Å². The first-order chi connectivity index (χ1) is 8.59. The third-order valence-corrected chi connectivity index (χ3v) is 3.71. The van der Waals surface area contributed by atoms with E-state index in [1.807, 2.05) is 0 Å². The third-order valence-electron chi connectivity index (χ3n) is 2.53. The van der Waals surface area contributed by atoms with E-state index in [2.05, 4.69) is 0 Å². The van der Waals surface area contributed by atoms with Crippen molar-refractivity contribution in [3.05, 3.63) is 30.3 Å². The summed E-state index contributed by atoms with van der Waals surface area (Å²) in [6, 6.07) is 8.65. The van der Waals surface area contributed by atoms with Gasteiger partial charge in [-0.1, -0.05) is 18.2 Å². The summed E-state index contributed by atoms with van der Waals surface area (Å²) in [5.74, 6) is -1.78. The van der Waals surface area contributed by atoms with E-state index in [4.69, 9.17) is 5.11 Å². The molecule has 6 heteroatoms. The maximum atomic E-state index is 12.0. The number of thioether (sulfide) groups is 1. The minimum absolute atomic E-state index is 0.0612. The molecule has 1 saturated heterocycles. The van der Waals surface area contributed by atoms with Gasteiger partial charge in [0, 0.05) is 6.42 Å². The van der Waals surface area contributed by atoms with E-state index in [0.717, 1.165) is 16.7 Å². The number of anilines is 1. The zero-order valence-corrected chi connectivity index (χ0v) is 10.2. The molecule has 1 atom stereocenters. The van der Waals surface area contributed by atoms with Crippen LogP contribution in [0.25, 0.3) is 0 Å². The summed E-state index contributed by atoms with van der Waals surface area (Å²) in [7, 11) is 0. The molecule has 0 radical (unpaired) electrons. The predicted octanol–water partition coefficient (Wildman–Crippen LogP) is 1.14. The molecule has 1 aromatic rings. The van der Waals surface area contributed by atoms with E-state index in [9.17, 15) is 14.4 Å². The van der Waals surface area contributed by atoms with Crippen molar-refractivity contribution in [2.45, 2.75) is 11.7 Å². The number of carbonyl (C=O) groups excluding carboxylic acids is 2. The lowest BCUT2D eigenvalue weighted by Gasteiger charge is -2.14. The molecule has 0 aromatic heterocycles. The summed E-state index contributed by atoms with van der Waals surface area (Å²) in [5.41, 5.74) is 0.533. The fourth-order valence-electron chi connectivity index (χ4n) is 1.75. The second kappa shape index (κ2) is 5.22. The summed E-state index contributed by atoms with van der Waals surface area (Å²) in [5, 5.41) is 7.99. The number of carboxylic acid groups (broad SMARTS) is 1. The van der Waals surface area contributed by atoms with Crippen LogP contribution in [0.5, 0.6) is 0 Å². The zero-order valence-electron chi connectivity index (χ0n) is 9.41. The van der Waals surface area contributed by atoms with Gasteiger partial charge in [0.15, 0.2) is 0 Å². The first-order valence-electron chi connectivity index (χ1n) is 5.35. The van der Waals surface area contributed by atoms with Crippen LogP contribution in [0.4, 0.5) is 5.69 Å². The Morgan fingerprint density at radius 2 is 2.00 bits per heavy atom. The molecule has 1 aliphatic rings. The average molecular weight is 265 g/mol. The molecule has 1 unspecified atom stereocenters. The Balaban J connectivity index is 2.12. The van der Waals surface area contributed by atoms with E-state index >= 15 is 0 Å². The topological polar surface area (TPSA) is 74.7 Å². The predicted molar refractivity (Wildman–Crippen MR) is 67.4 cm³/mol. The Labute approximate surface area is 108 Å². The van der Waals surface area contributed by atoms with Crippen LogP contribution in [0.3, 0.4) is 0 Å². The van der Waals surface area contributed by atoms with Gasteiger partial charge in [0.25, 0.3) is 0 Å². The van der Waals surface area contributed by atoms with E-state index in [-0.39, 0.29) is 24.0 Å². The molecule has 94 valence electrons. The second-order valence-electron chi connectivity index (χ2n) is 3.80. The molecule has 1 aliphatic heterocycles. The molecule has 18 heavy (non-hydrogen) atoms. The third kappa shape index (κ3) is 2.53.